The first-order chi connectivity index (χ1) is 9.69. The lowest BCUT2D eigenvalue weighted by Crippen LogP contribution is -2.35. The van der Waals surface area contributed by atoms with E-state index in [-0.39, 0.29) is 19.1 Å². The van der Waals surface area contributed by atoms with Gasteiger partial charge in [-0.25, -0.2) is 4.39 Å². The molecule has 102 valence electrons. The van der Waals surface area contributed by atoms with Crippen LogP contribution in [-0.2, 0) is 11.4 Å². The minimum atomic E-state index is -0.410. The van der Waals surface area contributed by atoms with Crippen LogP contribution >= 0.6 is 0 Å². The minimum Gasteiger partial charge on any atom is -0.392 e. The van der Waals surface area contributed by atoms with Gasteiger partial charge in [-0.1, -0.05) is 12.1 Å². The van der Waals surface area contributed by atoms with Crippen LogP contribution < -0.4 is 10.2 Å². The Kier molecular flexibility index (Phi) is 3.12. The van der Waals surface area contributed by atoms with Crippen molar-refractivity contribution in [1.29, 1.82) is 0 Å². The Morgan fingerprint density at radius 3 is 2.80 bits per heavy atom. The number of aliphatic hydroxyl groups excluding tert-OH is 1. The summed E-state index contributed by atoms with van der Waals surface area (Å²) in [6, 6.07) is 11.6. The summed E-state index contributed by atoms with van der Waals surface area (Å²) >= 11 is 0. The highest BCUT2D eigenvalue weighted by Gasteiger charge is 2.24. The molecule has 0 fully saturated rings. The van der Waals surface area contributed by atoms with Crippen LogP contribution in [0.2, 0.25) is 0 Å². The second-order valence-corrected chi connectivity index (χ2v) is 4.58. The van der Waals surface area contributed by atoms with Crippen LogP contribution in [0.5, 0.6) is 0 Å². The smallest absolute Gasteiger partial charge is 0.244 e. The van der Waals surface area contributed by atoms with Crippen LogP contribution in [0.25, 0.3) is 0 Å². The molecule has 2 aromatic rings. The Morgan fingerprint density at radius 1 is 1.20 bits per heavy atom. The van der Waals surface area contributed by atoms with Crippen molar-refractivity contribution in [3.05, 3.63) is 53.8 Å². The van der Waals surface area contributed by atoms with E-state index in [1.807, 2.05) is 24.3 Å². The average Bonchev–Trinajstić information content (AvgIpc) is 2.46. The Labute approximate surface area is 115 Å². The molecule has 0 unspecified atom stereocenters. The van der Waals surface area contributed by atoms with Gasteiger partial charge < -0.3 is 15.3 Å². The van der Waals surface area contributed by atoms with Gasteiger partial charge in [0.2, 0.25) is 5.91 Å². The molecule has 20 heavy (non-hydrogen) atoms. The Morgan fingerprint density at radius 2 is 2.00 bits per heavy atom. The van der Waals surface area contributed by atoms with Gasteiger partial charge in [-0.05, 0) is 30.3 Å². The molecule has 0 radical (unpaired) electrons. The molecule has 0 saturated heterocycles. The SMILES string of the molecule is O=C1CN(c2ccc(F)cc2CO)c2ccccc2N1. The molecule has 5 heteroatoms. The highest BCUT2D eigenvalue weighted by Crippen LogP contribution is 2.36. The summed E-state index contributed by atoms with van der Waals surface area (Å²) in [4.78, 5) is 13.6. The quantitative estimate of drug-likeness (QED) is 0.882. The van der Waals surface area contributed by atoms with Crippen molar-refractivity contribution in [2.24, 2.45) is 0 Å². The maximum atomic E-state index is 13.3. The third kappa shape index (κ3) is 2.12. The van der Waals surface area contributed by atoms with Crippen molar-refractivity contribution in [2.45, 2.75) is 6.61 Å². The zero-order valence-corrected chi connectivity index (χ0v) is 10.6. The van der Waals surface area contributed by atoms with E-state index in [4.69, 9.17) is 0 Å². The number of rotatable bonds is 2. The van der Waals surface area contributed by atoms with Crippen LogP contribution in [0.1, 0.15) is 5.56 Å². The number of benzene rings is 2. The van der Waals surface area contributed by atoms with Crippen molar-refractivity contribution < 1.29 is 14.3 Å². The van der Waals surface area contributed by atoms with Crippen LogP contribution in [0.3, 0.4) is 0 Å². The number of hydrogen-bond acceptors (Lipinski definition) is 3. The van der Waals surface area contributed by atoms with E-state index in [2.05, 4.69) is 5.32 Å². The summed E-state index contributed by atoms with van der Waals surface area (Å²) < 4.78 is 13.3. The van der Waals surface area contributed by atoms with Crippen LogP contribution in [0, 0.1) is 5.82 Å². The molecule has 1 aliphatic heterocycles. The number of carbonyl (C=O) groups is 1. The monoisotopic (exact) mass is 272 g/mol. The van der Waals surface area contributed by atoms with E-state index in [0.717, 1.165) is 5.69 Å². The first-order valence-electron chi connectivity index (χ1n) is 6.25. The maximum Gasteiger partial charge on any atom is 0.244 e. The van der Waals surface area contributed by atoms with Gasteiger partial charge in [-0.3, -0.25) is 4.79 Å². The Balaban J connectivity index is 2.13. The topological polar surface area (TPSA) is 52.6 Å². The van der Waals surface area contributed by atoms with Crippen LogP contribution in [0.4, 0.5) is 21.5 Å². The number of nitrogens with zero attached hydrogens (tertiary/aromatic N) is 1. The van der Waals surface area contributed by atoms with E-state index in [1.54, 1.807) is 11.0 Å². The van der Waals surface area contributed by atoms with Crippen molar-refractivity contribution in [2.75, 3.05) is 16.8 Å². The van der Waals surface area contributed by atoms with E-state index in [0.29, 0.717) is 16.9 Å². The van der Waals surface area contributed by atoms with E-state index in [1.165, 1.54) is 12.1 Å². The number of nitrogens with one attached hydrogen (secondary N) is 1. The molecule has 1 heterocycles. The van der Waals surface area contributed by atoms with Crippen LogP contribution in [-0.4, -0.2) is 17.6 Å². The van der Waals surface area contributed by atoms with Gasteiger partial charge in [0.1, 0.15) is 12.4 Å². The molecule has 0 spiro atoms. The molecule has 3 rings (SSSR count). The second-order valence-electron chi connectivity index (χ2n) is 4.58. The lowest BCUT2D eigenvalue weighted by atomic mass is 10.1. The van der Waals surface area contributed by atoms with Gasteiger partial charge in [0.25, 0.3) is 0 Å². The van der Waals surface area contributed by atoms with Gasteiger partial charge in [0.15, 0.2) is 0 Å². The molecular formula is C15H13FN2O2. The predicted octanol–water partition coefficient (Wildman–Crippen LogP) is 2.41. The summed E-state index contributed by atoms with van der Waals surface area (Å²) in [5.41, 5.74) is 2.62. The number of carbonyl (C=O) groups excluding carboxylic acids is 1. The molecule has 2 aromatic carbocycles. The number of para-hydroxylation sites is 2. The lowest BCUT2D eigenvalue weighted by Gasteiger charge is -2.32. The zero-order chi connectivity index (χ0) is 14.1. The van der Waals surface area contributed by atoms with Gasteiger partial charge in [-0.15, -0.1) is 0 Å². The summed E-state index contributed by atoms with van der Waals surface area (Å²) in [6.45, 7) is -0.150. The fourth-order valence-corrected chi connectivity index (χ4v) is 2.39. The zero-order valence-electron chi connectivity index (χ0n) is 10.6. The van der Waals surface area contributed by atoms with E-state index in [9.17, 15) is 14.3 Å². The largest absolute Gasteiger partial charge is 0.392 e. The molecule has 4 nitrogen and oxygen atoms in total. The van der Waals surface area contributed by atoms with Gasteiger partial charge >= 0.3 is 0 Å². The molecule has 2 N–H and O–H groups in total. The lowest BCUT2D eigenvalue weighted by molar-refractivity contribution is -0.115. The maximum absolute atomic E-state index is 13.3. The van der Waals surface area contributed by atoms with Gasteiger partial charge in [-0.2, -0.15) is 0 Å². The third-order valence-electron chi connectivity index (χ3n) is 3.27. The summed E-state index contributed by atoms with van der Waals surface area (Å²) in [7, 11) is 0. The predicted molar refractivity (Wildman–Crippen MR) is 74.4 cm³/mol. The molecule has 0 bridgehead atoms. The van der Waals surface area contributed by atoms with Crippen molar-refractivity contribution in [3.8, 4) is 0 Å². The van der Waals surface area contributed by atoms with Crippen molar-refractivity contribution in [3.63, 3.8) is 0 Å². The first kappa shape index (κ1) is 12.6. The summed E-state index contributed by atoms with van der Waals surface area (Å²) in [6.07, 6.45) is 0. The van der Waals surface area contributed by atoms with E-state index < -0.39 is 5.82 Å². The van der Waals surface area contributed by atoms with Gasteiger partial charge in [0.05, 0.1) is 18.0 Å². The molecule has 0 saturated carbocycles. The normalized spacial score (nSPS) is 13.9. The second kappa shape index (κ2) is 4.94. The molecular weight excluding hydrogens is 259 g/mol. The number of aliphatic hydroxyl groups is 1. The fraction of sp³-hybridized carbons (Fsp3) is 0.133. The summed E-state index contributed by atoms with van der Waals surface area (Å²) in [5, 5.41) is 12.2. The standard InChI is InChI=1S/C15H13FN2O2/c16-11-5-6-13(10(7-11)9-19)18-8-15(20)17-12-3-1-2-4-14(12)18/h1-7,19H,8-9H2,(H,17,20). The first-order valence-corrected chi connectivity index (χ1v) is 6.25. The molecule has 1 aliphatic rings. The van der Waals surface area contributed by atoms with Gasteiger partial charge in [0, 0.05) is 11.3 Å². The number of amides is 1. The highest BCUT2D eigenvalue weighted by atomic mass is 19.1. The number of fused-ring (bicyclic) bond motifs is 1. The number of hydrogen-bond donors (Lipinski definition) is 2. The number of halogens is 1. The fourth-order valence-electron chi connectivity index (χ4n) is 2.39. The molecule has 1 amide bonds. The minimum absolute atomic E-state index is 0.135. The Hall–Kier alpha value is -2.40. The van der Waals surface area contributed by atoms with Crippen LogP contribution in [0.15, 0.2) is 42.5 Å². The molecule has 0 aromatic heterocycles. The third-order valence-corrected chi connectivity index (χ3v) is 3.27. The molecule has 0 aliphatic carbocycles. The summed E-state index contributed by atoms with van der Waals surface area (Å²) in [5.74, 6) is -0.551. The Bertz CT molecular complexity index is 673. The number of anilines is 3. The van der Waals surface area contributed by atoms with Crippen molar-refractivity contribution >= 4 is 23.0 Å². The average molecular weight is 272 g/mol. The van der Waals surface area contributed by atoms with Crippen molar-refractivity contribution in [1.82, 2.24) is 0 Å². The highest BCUT2D eigenvalue weighted by molar-refractivity contribution is 6.03. The molecule has 0 atom stereocenters. The van der Waals surface area contributed by atoms with E-state index >= 15 is 0 Å².